The molecule has 4 atom stereocenters. The highest BCUT2D eigenvalue weighted by molar-refractivity contribution is 6.30. The van der Waals surface area contributed by atoms with Gasteiger partial charge < -0.3 is 20.5 Å². The SMILES string of the molecule is NC(=O)c1ccc(N2C[C@H]3C[C@@H](Oc4cccc(Cl)c4)[C@H](O)C[C@H]3C2)nc1. The zero-order chi connectivity index (χ0) is 19.0. The fraction of sp³-hybridized carbons (Fsp3) is 0.400. The van der Waals surface area contributed by atoms with E-state index in [1.807, 2.05) is 18.2 Å². The van der Waals surface area contributed by atoms with Crippen LogP contribution in [0.2, 0.25) is 5.02 Å². The maximum Gasteiger partial charge on any atom is 0.250 e. The number of amides is 1. The molecule has 1 aliphatic heterocycles. The Bertz CT molecular complexity index is 829. The quantitative estimate of drug-likeness (QED) is 0.841. The number of aliphatic hydroxyl groups excluding tert-OH is 1. The van der Waals surface area contributed by atoms with Gasteiger partial charge in [-0.05, 0) is 55.0 Å². The Morgan fingerprint density at radius 3 is 2.67 bits per heavy atom. The molecular formula is C20H22ClN3O3. The summed E-state index contributed by atoms with van der Waals surface area (Å²) >= 11 is 6.02. The minimum atomic E-state index is -0.504. The number of rotatable bonds is 4. The van der Waals surface area contributed by atoms with Crippen molar-refractivity contribution < 1.29 is 14.6 Å². The van der Waals surface area contributed by atoms with Crippen LogP contribution in [0.5, 0.6) is 5.75 Å². The molecule has 0 bridgehead atoms. The molecule has 1 amide bonds. The van der Waals surface area contributed by atoms with E-state index >= 15 is 0 Å². The Morgan fingerprint density at radius 2 is 2.00 bits per heavy atom. The molecule has 4 rings (SSSR count). The molecule has 2 heterocycles. The molecule has 1 aromatic heterocycles. The van der Waals surface area contributed by atoms with Gasteiger partial charge in [0.2, 0.25) is 5.91 Å². The van der Waals surface area contributed by atoms with E-state index in [1.165, 1.54) is 6.20 Å². The van der Waals surface area contributed by atoms with Crippen molar-refractivity contribution in [1.82, 2.24) is 4.98 Å². The molecule has 1 aliphatic carbocycles. The topological polar surface area (TPSA) is 88.7 Å². The van der Waals surface area contributed by atoms with Crippen molar-refractivity contribution >= 4 is 23.3 Å². The lowest BCUT2D eigenvalue weighted by Crippen LogP contribution is -2.42. The van der Waals surface area contributed by atoms with Crippen molar-refractivity contribution in [2.24, 2.45) is 17.6 Å². The van der Waals surface area contributed by atoms with Gasteiger partial charge in [-0.15, -0.1) is 0 Å². The molecule has 0 unspecified atom stereocenters. The summed E-state index contributed by atoms with van der Waals surface area (Å²) in [5, 5.41) is 11.2. The number of benzene rings is 1. The predicted octanol–water partition coefficient (Wildman–Crippen LogP) is 2.49. The van der Waals surface area contributed by atoms with Crippen LogP contribution < -0.4 is 15.4 Å². The standard InChI is InChI=1S/C20H22ClN3O3/c21-15-2-1-3-16(8-15)27-18-7-14-11-24(10-13(14)6-17(18)25)19-5-4-12(9-23-19)20(22)26/h1-5,8-9,13-14,17-18,25H,6-7,10-11H2,(H2,22,26)/t13-,14+,17+,18+/m0/s1. The van der Waals surface area contributed by atoms with Gasteiger partial charge in [0.1, 0.15) is 17.7 Å². The third-order valence-corrected chi connectivity index (χ3v) is 5.76. The highest BCUT2D eigenvalue weighted by atomic mass is 35.5. The number of carbonyl (C=O) groups is 1. The number of nitrogens with zero attached hydrogens (tertiary/aromatic N) is 2. The van der Waals surface area contributed by atoms with E-state index in [2.05, 4.69) is 9.88 Å². The molecule has 1 aromatic carbocycles. The average molecular weight is 388 g/mol. The van der Waals surface area contributed by atoms with E-state index in [1.54, 1.807) is 18.2 Å². The molecule has 2 fully saturated rings. The van der Waals surface area contributed by atoms with Crippen LogP contribution in [-0.2, 0) is 0 Å². The third-order valence-electron chi connectivity index (χ3n) is 5.52. The van der Waals surface area contributed by atoms with Crippen LogP contribution in [0.1, 0.15) is 23.2 Å². The molecule has 3 N–H and O–H groups in total. The molecule has 2 aromatic rings. The normalized spacial score (nSPS) is 27.3. The summed E-state index contributed by atoms with van der Waals surface area (Å²) in [5.41, 5.74) is 5.68. The lowest BCUT2D eigenvalue weighted by molar-refractivity contribution is -0.0231. The first-order valence-electron chi connectivity index (χ1n) is 9.10. The van der Waals surface area contributed by atoms with Gasteiger partial charge in [-0.3, -0.25) is 4.79 Å². The minimum Gasteiger partial charge on any atom is -0.488 e. The Morgan fingerprint density at radius 1 is 1.22 bits per heavy atom. The van der Waals surface area contributed by atoms with E-state index in [0.717, 1.165) is 25.3 Å². The number of ether oxygens (including phenoxy) is 1. The Balaban J connectivity index is 1.43. The van der Waals surface area contributed by atoms with Crippen molar-refractivity contribution in [3.63, 3.8) is 0 Å². The Labute approximate surface area is 162 Å². The van der Waals surface area contributed by atoms with Gasteiger partial charge in [0.15, 0.2) is 0 Å². The van der Waals surface area contributed by atoms with Crippen molar-refractivity contribution in [1.29, 1.82) is 0 Å². The summed E-state index contributed by atoms with van der Waals surface area (Å²) in [6.07, 6.45) is 2.25. The van der Waals surface area contributed by atoms with Crippen LogP contribution in [0, 0.1) is 11.8 Å². The van der Waals surface area contributed by atoms with E-state index in [0.29, 0.717) is 34.6 Å². The van der Waals surface area contributed by atoms with Gasteiger partial charge >= 0.3 is 0 Å². The second kappa shape index (κ2) is 7.37. The second-order valence-electron chi connectivity index (χ2n) is 7.35. The summed E-state index contributed by atoms with van der Waals surface area (Å²) < 4.78 is 6.02. The minimum absolute atomic E-state index is 0.241. The van der Waals surface area contributed by atoms with E-state index < -0.39 is 12.0 Å². The molecule has 7 heteroatoms. The van der Waals surface area contributed by atoms with Crippen LogP contribution in [0.3, 0.4) is 0 Å². The predicted molar refractivity (Wildman–Crippen MR) is 103 cm³/mol. The third kappa shape index (κ3) is 3.87. The van der Waals surface area contributed by atoms with Gasteiger partial charge in [0.25, 0.3) is 0 Å². The highest BCUT2D eigenvalue weighted by Gasteiger charge is 2.43. The van der Waals surface area contributed by atoms with Crippen molar-refractivity contribution in [3.05, 3.63) is 53.2 Å². The number of nitrogens with two attached hydrogens (primary N) is 1. The van der Waals surface area contributed by atoms with E-state index in [-0.39, 0.29) is 6.10 Å². The molecule has 2 aliphatic rings. The summed E-state index contributed by atoms with van der Waals surface area (Å²) in [6.45, 7) is 1.70. The Kier molecular flexibility index (Phi) is 4.93. The zero-order valence-corrected chi connectivity index (χ0v) is 15.5. The van der Waals surface area contributed by atoms with Crippen molar-refractivity contribution in [2.75, 3.05) is 18.0 Å². The maximum absolute atomic E-state index is 11.2. The van der Waals surface area contributed by atoms with Gasteiger partial charge in [-0.25, -0.2) is 4.98 Å². The number of hydrogen-bond acceptors (Lipinski definition) is 5. The molecule has 1 saturated heterocycles. The van der Waals surface area contributed by atoms with Crippen molar-refractivity contribution in [2.45, 2.75) is 25.0 Å². The fourth-order valence-electron chi connectivity index (χ4n) is 4.14. The first kappa shape index (κ1) is 18.1. The van der Waals surface area contributed by atoms with Crippen LogP contribution in [0.25, 0.3) is 0 Å². The monoisotopic (exact) mass is 387 g/mol. The lowest BCUT2D eigenvalue weighted by Gasteiger charge is -2.35. The molecule has 0 radical (unpaired) electrons. The molecule has 6 nitrogen and oxygen atoms in total. The lowest BCUT2D eigenvalue weighted by atomic mass is 9.78. The van der Waals surface area contributed by atoms with Crippen molar-refractivity contribution in [3.8, 4) is 5.75 Å². The molecule has 1 saturated carbocycles. The first-order chi connectivity index (χ1) is 13.0. The summed E-state index contributed by atoms with van der Waals surface area (Å²) in [5.74, 6) is 1.86. The van der Waals surface area contributed by atoms with Gasteiger partial charge in [-0.1, -0.05) is 17.7 Å². The van der Waals surface area contributed by atoms with Gasteiger partial charge in [-0.2, -0.15) is 0 Å². The number of primary amides is 1. The maximum atomic E-state index is 11.2. The summed E-state index contributed by atoms with van der Waals surface area (Å²) in [7, 11) is 0. The number of halogens is 1. The van der Waals surface area contributed by atoms with Crippen LogP contribution in [0.15, 0.2) is 42.6 Å². The average Bonchev–Trinajstić information content (AvgIpc) is 3.05. The molecule has 142 valence electrons. The first-order valence-corrected chi connectivity index (χ1v) is 9.48. The number of carbonyl (C=O) groups excluding carboxylic acids is 1. The van der Waals surface area contributed by atoms with Gasteiger partial charge in [0.05, 0.1) is 11.7 Å². The molecule has 0 spiro atoms. The second-order valence-corrected chi connectivity index (χ2v) is 7.78. The van der Waals surface area contributed by atoms with E-state index in [9.17, 15) is 9.90 Å². The van der Waals surface area contributed by atoms with Crippen LogP contribution in [0.4, 0.5) is 5.82 Å². The number of hydrogen-bond donors (Lipinski definition) is 2. The Hall–Kier alpha value is -2.31. The number of aliphatic hydroxyl groups is 1. The zero-order valence-electron chi connectivity index (χ0n) is 14.8. The van der Waals surface area contributed by atoms with Crippen LogP contribution in [-0.4, -0.2) is 41.3 Å². The summed E-state index contributed by atoms with van der Waals surface area (Å²) in [4.78, 5) is 17.8. The largest absolute Gasteiger partial charge is 0.488 e. The van der Waals surface area contributed by atoms with Gasteiger partial charge in [0, 0.05) is 24.3 Å². The summed E-state index contributed by atoms with van der Waals surface area (Å²) in [6, 6.07) is 10.8. The number of pyridine rings is 1. The van der Waals surface area contributed by atoms with E-state index in [4.69, 9.17) is 22.1 Å². The highest BCUT2D eigenvalue weighted by Crippen LogP contribution is 2.39. The fourth-order valence-corrected chi connectivity index (χ4v) is 4.32. The number of fused-ring (bicyclic) bond motifs is 1. The number of anilines is 1. The smallest absolute Gasteiger partial charge is 0.250 e. The molecule has 27 heavy (non-hydrogen) atoms. The number of aromatic nitrogens is 1. The molecular weight excluding hydrogens is 366 g/mol. The van der Waals surface area contributed by atoms with Crippen LogP contribution >= 0.6 is 11.6 Å².